The first-order valence-electron chi connectivity index (χ1n) is 4.61. The average Bonchev–Trinajstić information content (AvgIpc) is 2.15. The van der Waals surface area contributed by atoms with Gasteiger partial charge in [0.05, 0.1) is 0 Å². The number of nitrogens with two attached hydrogens (primary N) is 1. The monoisotopic (exact) mass is 237 g/mol. The van der Waals surface area contributed by atoms with Crippen molar-refractivity contribution >= 4 is 18.3 Å². The Bertz CT molecular complexity index is 520. The fourth-order valence-electron chi connectivity index (χ4n) is 1.51. The zero-order valence-electron chi connectivity index (χ0n) is 8.24. The molecule has 4 heteroatoms. The van der Waals surface area contributed by atoms with Gasteiger partial charge in [0.15, 0.2) is 0 Å². The van der Waals surface area contributed by atoms with E-state index >= 15 is 0 Å². The highest BCUT2D eigenvalue weighted by Gasteiger charge is 2.07. The van der Waals surface area contributed by atoms with Crippen molar-refractivity contribution in [2.75, 3.05) is 5.73 Å². The highest BCUT2D eigenvalue weighted by Crippen LogP contribution is 2.27. The Kier molecular flexibility index (Phi) is 2.83. The summed E-state index contributed by atoms with van der Waals surface area (Å²) >= 11 is 4.02. The Hall–Kier alpha value is -1.55. The Balaban J connectivity index is 2.58. The normalized spacial score (nSPS) is 10.4. The maximum absolute atomic E-state index is 13.6. The predicted molar refractivity (Wildman–Crippen MR) is 63.5 cm³/mol. The van der Waals surface area contributed by atoms with Gasteiger partial charge < -0.3 is 5.73 Å². The van der Waals surface area contributed by atoms with Crippen LogP contribution in [0.15, 0.2) is 41.3 Å². The molecule has 0 unspecified atom stereocenters. The first kappa shape index (κ1) is 11.0. The molecule has 0 aromatic heterocycles. The molecule has 16 heavy (non-hydrogen) atoms. The lowest BCUT2D eigenvalue weighted by atomic mass is 10.0. The Morgan fingerprint density at radius 1 is 1.00 bits per heavy atom. The van der Waals surface area contributed by atoms with E-state index in [1.807, 2.05) is 0 Å². The number of nitrogen functional groups attached to an aromatic ring is 1. The van der Waals surface area contributed by atoms with E-state index in [0.717, 1.165) is 0 Å². The van der Waals surface area contributed by atoms with Gasteiger partial charge >= 0.3 is 0 Å². The number of benzene rings is 2. The number of rotatable bonds is 1. The summed E-state index contributed by atoms with van der Waals surface area (Å²) in [5.74, 6) is -0.929. The predicted octanol–water partition coefficient (Wildman–Crippen LogP) is 3.50. The maximum Gasteiger partial charge on any atom is 0.132 e. The number of thiol groups is 1. The topological polar surface area (TPSA) is 26.0 Å². The van der Waals surface area contributed by atoms with Gasteiger partial charge in [-0.1, -0.05) is 6.07 Å². The molecule has 0 radical (unpaired) electrons. The van der Waals surface area contributed by atoms with Crippen molar-refractivity contribution < 1.29 is 8.78 Å². The molecule has 0 aliphatic rings. The van der Waals surface area contributed by atoms with Crippen molar-refractivity contribution in [3.05, 3.63) is 48.0 Å². The van der Waals surface area contributed by atoms with Gasteiger partial charge in [0.1, 0.15) is 11.6 Å². The lowest BCUT2D eigenvalue weighted by molar-refractivity contribution is 0.623. The van der Waals surface area contributed by atoms with Gasteiger partial charge in [-0.25, -0.2) is 8.78 Å². The molecule has 2 aromatic carbocycles. The molecule has 0 bridgehead atoms. The summed E-state index contributed by atoms with van der Waals surface area (Å²) in [5, 5.41) is 0. The molecule has 0 heterocycles. The van der Waals surface area contributed by atoms with Crippen LogP contribution in [0.5, 0.6) is 0 Å². The summed E-state index contributed by atoms with van der Waals surface area (Å²) in [4.78, 5) is 0.519. The molecular formula is C12H9F2NS. The highest BCUT2D eigenvalue weighted by molar-refractivity contribution is 7.80. The van der Waals surface area contributed by atoms with Crippen LogP contribution >= 0.6 is 12.6 Å². The van der Waals surface area contributed by atoms with Gasteiger partial charge in [0, 0.05) is 16.1 Å². The minimum absolute atomic E-state index is 0.268. The molecular weight excluding hydrogens is 228 g/mol. The van der Waals surface area contributed by atoms with Crippen molar-refractivity contribution in [3.8, 4) is 11.1 Å². The van der Waals surface area contributed by atoms with Crippen molar-refractivity contribution in [2.45, 2.75) is 4.90 Å². The summed E-state index contributed by atoms with van der Waals surface area (Å²) in [6.07, 6.45) is 0. The fraction of sp³-hybridized carbons (Fsp3) is 0. The third-order valence-electron chi connectivity index (χ3n) is 2.18. The third kappa shape index (κ3) is 2.17. The first-order valence-corrected chi connectivity index (χ1v) is 5.06. The van der Waals surface area contributed by atoms with E-state index < -0.39 is 11.6 Å². The minimum atomic E-state index is -0.482. The third-order valence-corrected chi connectivity index (χ3v) is 2.46. The lowest BCUT2D eigenvalue weighted by Crippen LogP contribution is -1.90. The molecule has 2 rings (SSSR count). The molecule has 2 N–H and O–H groups in total. The number of hydrogen-bond acceptors (Lipinski definition) is 2. The summed E-state index contributed by atoms with van der Waals surface area (Å²) in [6.45, 7) is 0. The first-order chi connectivity index (χ1) is 7.56. The number of hydrogen-bond donors (Lipinski definition) is 2. The van der Waals surface area contributed by atoms with Crippen molar-refractivity contribution in [2.24, 2.45) is 0 Å². The number of anilines is 1. The lowest BCUT2D eigenvalue weighted by Gasteiger charge is -2.05. The van der Waals surface area contributed by atoms with Crippen molar-refractivity contribution in [1.82, 2.24) is 0 Å². The van der Waals surface area contributed by atoms with E-state index in [2.05, 4.69) is 12.6 Å². The summed E-state index contributed by atoms with van der Waals surface area (Å²) in [6, 6.07) is 8.43. The van der Waals surface area contributed by atoms with Gasteiger partial charge in [0.25, 0.3) is 0 Å². The molecule has 1 nitrogen and oxygen atoms in total. The van der Waals surface area contributed by atoms with Gasteiger partial charge in [-0.2, -0.15) is 0 Å². The minimum Gasteiger partial charge on any atom is -0.399 e. The Labute approximate surface area is 97.3 Å². The van der Waals surface area contributed by atoms with Crippen LogP contribution in [0.4, 0.5) is 14.5 Å². The molecule has 0 atom stereocenters. The zero-order valence-corrected chi connectivity index (χ0v) is 9.14. The largest absolute Gasteiger partial charge is 0.399 e. The fourth-order valence-corrected chi connectivity index (χ4v) is 1.69. The maximum atomic E-state index is 13.6. The summed E-state index contributed by atoms with van der Waals surface area (Å²) in [7, 11) is 0. The molecule has 2 aromatic rings. The van der Waals surface area contributed by atoms with E-state index in [4.69, 9.17) is 5.73 Å². The molecule has 0 saturated heterocycles. The number of halogens is 2. The molecule has 0 amide bonds. The van der Waals surface area contributed by atoms with Gasteiger partial charge in [0.2, 0.25) is 0 Å². The zero-order chi connectivity index (χ0) is 11.7. The second kappa shape index (κ2) is 4.14. The van der Waals surface area contributed by atoms with E-state index in [9.17, 15) is 8.78 Å². The second-order valence-electron chi connectivity index (χ2n) is 3.44. The van der Waals surface area contributed by atoms with Gasteiger partial charge in [-0.3, -0.25) is 0 Å². The summed E-state index contributed by atoms with van der Waals surface area (Å²) in [5.41, 5.74) is 6.50. The smallest absolute Gasteiger partial charge is 0.132 e. The molecule has 0 aliphatic carbocycles. The van der Waals surface area contributed by atoms with Crippen molar-refractivity contribution in [3.63, 3.8) is 0 Å². The van der Waals surface area contributed by atoms with E-state index in [1.54, 1.807) is 12.1 Å². The van der Waals surface area contributed by atoms with Crippen LogP contribution in [0.3, 0.4) is 0 Å². The van der Waals surface area contributed by atoms with Crippen molar-refractivity contribution in [1.29, 1.82) is 0 Å². The van der Waals surface area contributed by atoms with E-state index in [-0.39, 0.29) is 5.69 Å². The van der Waals surface area contributed by atoms with Crippen LogP contribution < -0.4 is 5.73 Å². The quantitative estimate of drug-likeness (QED) is 0.576. The van der Waals surface area contributed by atoms with Crippen LogP contribution in [-0.2, 0) is 0 Å². The Morgan fingerprint density at radius 3 is 2.38 bits per heavy atom. The standard InChI is InChI=1S/C12H9F2NS/c13-8-3-7(4-9(15)5-8)11-2-1-10(16)6-12(11)14/h1-6,16H,15H2. The molecule has 0 aliphatic heterocycles. The van der Waals surface area contributed by atoms with Gasteiger partial charge in [-0.05, 0) is 35.9 Å². The molecule has 0 saturated carbocycles. The molecule has 0 fully saturated rings. The van der Waals surface area contributed by atoms with Crippen LogP contribution in [0.1, 0.15) is 0 Å². The summed E-state index contributed by atoms with van der Waals surface area (Å²) < 4.78 is 26.7. The highest BCUT2D eigenvalue weighted by atomic mass is 32.1. The van der Waals surface area contributed by atoms with Crippen LogP contribution in [0.25, 0.3) is 11.1 Å². The molecule has 0 spiro atoms. The second-order valence-corrected chi connectivity index (χ2v) is 3.95. The van der Waals surface area contributed by atoms with E-state index in [0.29, 0.717) is 16.0 Å². The van der Waals surface area contributed by atoms with E-state index in [1.165, 1.54) is 24.3 Å². The van der Waals surface area contributed by atoms with Crippen LogP contribution in [0, 0.1) is 11.6 Å². The van der Waals surface area contributed by atoms with Crippen LogP contribution in [-0.4, -0.2) is 0 Å². The SMILES string of the molecule is Nc1cc(F)cc(-c2ccc(S)cc2F)c1. The van der Waals surface area contributed by atoms with Crippen LogP contribution in [0.2, 0.25) is 0 Å². The molecule has 82 valence electrons. The van der Waals surface area contributed by atoms with Gasteiger partial charge in [-0.15, -0.1) is 12.6 Å². The average molecular weight is 237 g/mol. The Morgan fingerprint density at radius 2 is 1.75 bits per heavy atom.